The first-order valence-electron chi connectivity index (χ1n) is 5.41. The van der Waals surface area contributed by atoms with E-state index in [0.717, 1.165) is 6.07 Å². The van der Waals surface area contributed by atoms with E-state index in [0.29, 0.717) is 11.1 Å². The van der Waals surface area contributed by atoms with Gasteiger partial charge in [-0.15, -0.1) is 0 Å². The Morgan fingerprint density at radius 3 is 2.78 bits per heavy atom. The van der Waals surface area contributed by atoms with E-state index in [2.05, 4.69) is 0 Å². The van der Waals surface area contributed by atoms with Gasteiger partial charge in [0, 0.05) is 6.42 Å². The van der Waals surface area contributed by atoms with Gasteiger partial charge in [-0.1, -0.05) is 17.7 Å². The standard InChI is InChI=1S/C13H10ClFO3/c14-11-5-7(1-4-12(11)15)10-6-8(16)2-3-9(10)13(17)18/h1,4-6,9H,2-3H2,(H,17,18). The van der Waals surface area contributed by atoms with E-state index >= 15 is 0 Å². The summed E-state index contributed by atoms with van der Waals surface area (Å²) in [5.41, 5.74) is 0.863. The van der Waals surface area contributed by atoms with E-state index in [4.69, 9.17) is 16.7 Å². The first-order valence-corrected chi connectivity index (χ1v) is 5.79. The van der Waals surface area contributed by atoms with E-state index in [9.17, 15) is 14.0 Å². The van der Waals surface area contributed by atoms with Crippen LogP contribution in [0.2, 0.25) is 5.02 Å². The molecule has 0 heterocycles. The molecule has 5 heteroatoms. The summed E-state index contributed by atoms with van der Waals surface area (Å²) in [5.74, 6) is -2.43. The first kappa shape index (κ1) is 12.8. The molecule has 1 aliphatic carbocycles. The van der Waals surface area contributed by atoms with Crippen molar-refractivity contribution in [3.8, 4) is 0 Å². The maximum Gasteiger partial charge on any atom is 0.311 e. The summed E-state index contributed by atoms with van der Waals surface area (Å²) >= 11 is 5.66. The number of halogens is 2. The van der Waals surface area contributed by atoms with Crippen molar-refractivity contribution >= 4 is 28.9 Å². The predicted molar refractivity (Wildman–Crippen MR) is 64.8 cm³/mol. The second-order valence-corrected chi connectivity index (χ2v) is 4.53. The molecule has 2 rings (SSSR count). The Balaban J connectivity index is 2.47. The Bertz CT molecular complexity index is 551. The number of hydrogen-bond donors (Lipinski definition) is 1. The van der Waals surface area contributed by atoms with E-state index in [-0.39, 0.29) is 23.6 Å². The fourth-order valence-electron chi connectivity index (χ4n) is 2.01. The molecule has 0 aromatic heterocycles. The molecule has 1 N–H and O–H groups in total. The Kier molecular flexibility index (Phi) is 3.48. The molecule has 3 nitrogen and oxygen atoms in total. The minimum absolute atomic E-state index is 0.0874. The number of ketones is 1. The normalized spacial score (nSPS) is 19.6. The molecule has 1 aromatic rings. The highest BCUT2D eigenvalue weighted by atomic mass is 35.5. The Morgan fingerprint density at radius 2 is 2.17 bits per heavy atom. The van der Waals surface area contributed by atoms with Crippen LogP contribution in [0, 0.1) is 11.7 Å². The lowest BCUT2D eigenvalue weighted by atomic mass is 9.83. The molecule has 18 heavy (non-hydrogen) atoms. The quantitative estimate of drug-likeness (QED) is 0.897. The largest absolute Gasteiger partial charge is 0.481 e. The first-order chi connectivity index (χ1) is 8.49. The maximum atomic E-state index is 13.1. The van der Waals surface area contributed by atoms with Crippen LogP contribution in [0.4, 0.5) is 4.39 Å². The molecule has 1 aliphatic rings. The lowest BCUT2D eigenvalue weighted by Gasteiger charge is -2.20. The van der Waals surface area contributed by atoms with Crippen LogP contribution >= 0.6 is 11.6 Å². The molecule has 0 fully saturated rings. The average Bonchev–Trinajstić information content (AvgIpc) is 2.32. The number of aliphatic carboxylic acids is 1. The molecule has 0 aliphatic heterocycles. The molecule has 94 valence electrons. The topological polar surface area (TPSA) is 54.4 Å². The van der Waals surface area contributed by atoms with Crippen molar-refractivity contribution in [1.29, 1.82) is 0 Å². The molecule has 0 saturated carbocycles. The van der Waals surface area contributed by atoms with Gasteiger partial charge in [-0.3, -0.25) is 9.59 Å². The van der Waals surface area contributed by atoms with Crippen molar-refractivity contribution in [1.82, 2.24) is 0 Å². The number of benzene rings is 1. The Hall–Kier alpha value is -1.68. The number of carbonyl (C=O) groups excluding carboxylic acids is 1. The zero-order chi connectivity index (χ0) is 13.3. The average molecular weight is 269 g/mol. The molecule has 0 spiro atoms. The lowest BCUT2D eigenvalue weighted by Crippen LogP contribution is -2.21. The van der Waals surface area contributed by atoms with Crippen LogP contribution in [0.15, 0.2) is 24.3 Å². The van der Waals surface area contributed by atoms with Crippen molar-refractivity contribution in [2.45, 2.75) is 12.8 Å². The van der Waals surface area contributed by atoms with Gasteiger partial charge in [0.05, 0.1) is 10.9 Å². The van der Waals surface area contributed by atoms with Gasteiger partial charge in [0.15, 0.2) is 5.78 Å². The van der Waals surface area contributed by atoms with Crippen LogP contribution in [-0.2, 0) is 9.59 Å². The third-order valence-corrected chi connectivity index (χ3v) is 3.21. The number of carbonyl (C=O) groups is 2. The highest BCUT2D eigenvalue weighted by Crippen LogP contribution is 2.33. The highest BCUT2D eigenvalue weighted by Gasteiger charge is 2.28. The fourth-order valence-corrected chi connectivity index (χ4v) is 2.19. The minimum Gasteiger partial charge on any atom is -0.481 e. The molecule has 0 saturated heterocycles. The minimum atomic E-state index is -0.991. The number of rotatable bonds is 2. The number of carboxylic acids is 1. The van der Waals surface area contributed by atoms with Gasteiger partial charge in [-0.05, 0) is 35.8 Å². The third kappa shape index (κ3) is 2.43. The van der Waals surface area contributed by atoms with E-state index in [1.165, 1.54) is 18.2 Å². The zero-order valence-electron chi connectivity index (χ0n) is 9.32. The van der Waals surface area contributed by atoms with Crippen LogP contribution in [0.1, 0.15) is 18.4 Å². The molecule has 1 unspecified atom stereocenters. The molecule has 1 atom stereocenters. The second-order valence-electron chi connectivity index (χ2n) is 4.12. The Morgan fingerprint density at radius 1 is 1.44 bits per heavy atom. The summed E-state index contributed by atoms with van der Waals surface area (Å²) in [6.07, 6.45) is 1.79. The van der Waals surface area contributed by atoms with Crippen LogP contribution in [0.25, 0.3) is 5.57 Å². The summed E-state index contributed by atoms with van der Waals surface area (Å²) in [6, 6.07) is 3.94. The Labute approximate surface area is 108 Å². The molecular weight excluding hydrogens is 259 g/mol. The summed E-state index contributed by atoms with van der Waals surface area (Å²) in [5, 5.41) is 9.03. The molecular formula is C13H10ClFO3. The molecule has 1 aromatic carbocycles. The molecule has 0 radical (unpaired) electrons. The highest BCUT2D eigenvalue weighted by molar-refractivity contribution is 6.31. The SMILES string of the molecule is O=C1C=C(c2ccc(F)c(Cl)c2)C(C(=O)O)CC1. The smallest absolute Gasteiger partial charge is 0.311 e. The van der Waals surface area contributed by atoms with Crippen molar-refractivity contribution in [2.24, 2.45) is 5.92 Å². The van der Waals surface area contributed by atoms with Crippen LogP contribution in [-0.4, -0.2) is 16.9 Å². The van der Waals surface area contributed by atoms with Crippen molar-refractivity contribution in [3.63, 3.8) is 0 Å². The summed E-state index contributed by atoms with van der Waals surface area (Å²) in [6.45, 7) is 0. The summed E-state index contributed by atoms with van der Waals surface area (Å²) < 4.78 is 13.1. The third-order valence-electron chi connectivity index (χ3n) is 2.92. The number of allylic oxidation sites excluding steroid dienone is 1. The van der Waals surface area contributed by atoms with Crippen molar-refractivity contribution < 1.29 is 19.1 Å². The fraction of sp³-hybridized carbons (Fsp3) is 0.231. The van der Waals surface area contributed by atoms with Crippen LogP contribution < -0.4 is 0 Å². The molecule has 0 amide bonds. The second kappa shape index (κ2) is 4.90. The van der Waals surface area contributed by atoms with Gasteiger partial charge in [0.25, 0.3) is 0 Å². The van der Waals surface area contributed by atoms with Gasteiger partial charge >= 0.3 is 5.97 Å². The van der Waals surface area contributed by atoms with E-state index in [1.807, 2.05) is 0 Å². The maximum absolute atomic E-state index is 13.1. The zero-order valence-corrected chi connectivity index (χ0v) is 10.1. The summed E-state index contributed by atoms with van der Waals surface area (Å²) in [4.78, 5) is 22.5. The predicted octanol–water partition coefficient (Wildman–Crippen LogP) is 2.93. The summed E-state index contributed by atoms with van der Waals surface area (Å²) in [7, 11) is 0. The van der Waals surface area contributed by atoms with Gasteiger partial charge in [0.1, 0.15) is 5.82 Å². The van der Waals surface area contributed by atoms with Crippen LogP contribution in [0.5, 0.6) is 0 Å². The monoisotopic (exact) mass is 268 g/mol. The van der Waals surface area contributed by atoms with Gasteiger partial charge in [-0.2, -0.15) is 0 Å². The number of carboxylic acid groups (broad SMARTS) is 1. The molecule has 0 bridgehead atoms. The number of hydrogen-bond acceptors (Lipinski definition) is 2. The van der Waals surface area contributed by atoms with Crippen LogP contribution in [0.3, 0.4) is 0 Å². The van der Waals surface area contributed by atoms with Gasteiger partial charge in [-0.25, -0.2) is 4.39 Å². The lowest BCUT2D eigenvalue weighted by molar-refractivity contribution is -0.140. The van der Waals surface area contributed by atoms with E-state index < -0.39 is 17.7 Å². The van der Waals surface area contributed by atoms with Gasteiger partial charge < -0.3 is 5.11 Å². The van der Waals surface area contributed by atoms with Crippen molar-refractivity contribution in [2.75, 3.05) is 0 Å². The van der Waals surface area contributed by atoms with Crippen molar-refractivity contribution in [3.05, 3.63) is 40.7 Å². The van der Waals surface area contributed by atoms with Gasteiger partial charge in [0.2, 0.25) is 0 Å². The van der Waals surface area contributed by atoms with E-state index in [1.54, 1.807) is 0 Å².